The molecule has 0 aliphatic carbocycles. The van der Waals surface area contributed by atoms with Gasteiger partial charge in [0.2, 0.25) is 11.8 Å². The number of carbonyl (C=O) groups is 2. The Kier molecular flexibility index (Phi) is 6.03. The zero-order chi connectivity index (χ0) is 22.1. The molecule has 0 unspecified atom stereocenters. The van der Waals surface area contributed by atoms with Gasteiger partial charge < -0.3 is 19.8 Å². The Bertz CT molecular complexity index is 1080. The summed E-state index contributed by atoms with van der Waals surface area (Å²) in [7, 11) is 3.30. The van der Waals surface area contributed by atoms with Crippen LogP contribution in [0.15, 0.2) is 40.8 Å². The highest BCUT2D eigenvalue weighted by Gasteiger charge is 2.23. The number of carbonyl (C=O) groups excluding carboxylic acids is 2. The Morgan fingerprint density at radius 3 is 2.50 bits per heavy atom. The van der Waals surface area contributed by atoms with E-state index >= 15 is 0 Å². The third-order valence-corrected chi connectivity index (χ3v) is 4.90. The number of hydrogen-bond donors (Lipinski definition) is 2. The summed E-state index contributed by atoms with van der Waals surface area (Å²) in [6.07, 6.45) is 0. The van der Waals surface area contributed by atoms with Crippen LogP contribution in [0, 0.1) is 0 Å². The van der Waals surface area contributed by atoms with Crippen LogP contribution in [0.3, 0.4) is 0 Å². The molecule has 0 fully saturated rings. The zero-order valence-electron chi connectivity index (χ0n) is 18.3. The number of nitrogens with one attached hydrogen (secondary N) is 2. The van der Waals surface area contributed by atoms with E-state index in [9.17, 15) is 9.59 Å². The average Bonchev–Trinajstić information content (AvgIpc) is 3.02. The molecule has 7 heteroatoms. The van der Waals surface area contributed by atoms with Crippen LogP contribution in [0.25, 0.3) is 21.9 Å². The molecule has 3 aromatic rings. The van der Waals surface area contributed by atoms with Crippen LogP contribution in [0.1, 0.15) is 27.7 Å². The topological polar surface area (TPSA) is 83.8 Å². The second-order valence-electron chi connectivity index (χ2n) is 8.53. The number of furan rings is 1. The Hall–Kier alpha value is -3.06. The fraction of sp³-hybridized carbons (Fsp3) is 0.391. The van der Waals surface area contributed by atoms with Gasteiger partial charge in [-0.2, -0.15) is 0 Å². The first-order chi connectivity index (χ1) is 14.1. The molecular formula is C23H29N3O4. The summed E-state index contributed by atoms with van der Waals surface area (Å²) < 4.78 is 11.4. The zero-order valence-corrected chi connectivity index (χ0v) is 18.3. The number of fused-ring (bicyclic) bond motifs is 3. The second kappa shape index (κ2) is 8.36. The van der Waals surface area contributed by atoms with E-state index in [-0.39, 0.29) is 23.9 Å². The predicted octanol–water partition coefficient (Wildman–Crippen LogP) is 3.77. The highest BCUT2D eigenvalue weighted by molar-refractivity contribution is 6.08. The van der Waals surface area contributed by atoms with Crippen LogP contribution >= 0.6 is 0 Å². The van der Waals surface area contributed by atoms with Crippen molar-refractivity contribution in [3.8, 4) is 5.75 Å². The Morgan fingerprint density at radius 1 is 1.13 bits per heavy atom. The predicted molar refractivity (Wildman–Crippen MR) is 119 cm³/mol. The highest BCUT2D eigenvalue weighted by Crippen LogP contribution is 2.36. The molecule has 0 aliphatic rings. The number of likely N-dealkylation sites (N-methyl/N-ethyl adjacent to an activating group) is 1. The van der Waals surface area contributed by atoms with Gasteiger partial charge in [-0.3, -0.25) is 14.5 Å². The third-order valence-electron chi connectivity index (χ3n) is 4.90. The number of benzene rings is 2. The average molecular weight is 412 g/mol. The minimum Gasteiger partial charge on any atom is -0.495 e. The minimum atomic E-state index is -0.521. The molecule has 0 saturated heterocycles. The van der Waals surface area contributed by atoms with Crippen LogP contribution in [0.4, 0.5) is 5.69 Å². The first-order valence-corrected chi connectivity index (χ1v) is 9.90. The van der Waals surface area contributed by atoms with E-state index < -0.39 is 6.04 Å². The Morgan fingerprint density at radius 2 is 1.83 bits per heavy atom. The number of methoxy groups -OCH3 is 1. The molecule has 160 valence electrons. The highest BCUT2D eigenvalue weighted by atomic mass is 16.5. The van der Waals surface area contributed by atoms with E-state index in [1.165, 1.54) is 0 Å². The lowest BCUT2D eigenvalue weighted by Crippen LogP contribution is -2.49. The van der Waals surface area contributed by atoms with Crippen molar-refractivity contribution in [1.82, 2.24) is 10.2 Å². The molecule has 0 aliphatic heterocycles. The largest absolute Gasteiger partial charge is 0.495 e. The summed E-state index contributed by atoms with van der Waals surface area (Å²) in [4.78, 5) is 26.7. The number of hydrogen-bond acceptors (Lipinski definition) is 5. The van der Waals surface area contributed by atoms with Gasteiger partial charge >= 0.3 is 0 Å². The maximum atomic E-state index is 12.8. The van der Waals surface area contributed by atoms with Crippen LogP contribution < -0.4 is 15.4 Å². The lowest BCUT2D eigenvalue weighted by Gasteiger charge is -2.26. The van der Waals surface area contributed by atoms with Crippen LogP contribution in [0.5, 0.6) is 5.75 Å². The van der Waals surface area contributed by atoms with Gasteiger partial charge in [-0.15, -0.1) is 0 Å². The van der Waals surface area contributed by atoms with E-state index in [2.05, 4.69) is 10.6 Å². The summed E-state index contributed by atoms with van der Waals surface area (Å²) in [5.41, 5.74) is 1.64. The van der Waals surface area contributed by atoms with Crippen molar-refractivity contribution >= 4 is 39.4 Å². The Labute approximate surface area is 176 Å². The van der Waals surface area contributed by atoms with E-state index in [4.69, 9.17) is 9.15 Å². The van der Waals surface area contributed by atoms with Crippen molar-refractivity contribution in [2.45, 2.75) is 39.3 Å². The molecule has 1 atom stereocenters. The van der Waals surface area contributed by atoms with Crippen molar-refractivity contribution in [2.75, 3.05) is 26.0 Å². The van der Waals surface area contributed by atoms with Crippen LogP contribution in [-0.2, 0) is 9.59 Å². The molecule has 1 heterocycles. The molecule has 1 aromatic heterocycles. The lowest BCUT2D eigenvalue weighted by atomic mass is 10.1. The number of para-hydroxylation sites is 1. The van der Waals surface area contributed by atoms with Crippen molar-refractivity contribution in [3.05, 3.63) is 36.4 Å². The van der Waals surface area contributed by atoms with Crippen LogP contribution in [0.2, 0.25) is 0 Å². The van der Waals surface area contributed by atoms with E-state index in [1.54, 1.807) is 32.0 Å². The third kappa shape index (κ3) is 4.74. The first kappa shape index (κ1) is 21.6. The normalized spacial score (nSPS) is 12.9. The summed E-state index contributed by atoms with van der Waals surface area (Å²) in [6, 6.07) is 10.9. The number of ether oxygens (including phenoxy) is 1. The molecule has 7 nitrogen and oxygen atoms in total. The summed E-state index contributed by atoms with van der Waals surface area (Å²) >= 11 is 0. The molecule has 0 spiro atoms. The smallest absolute Gasteiger partial charge is 0.241 e. The fourth-order valence-electron chi connectivity index (χ4n) is 3.28. The molecule has 30 heavy (non-hydrogen) atoms. The standard InChI is InChI=1S/C23H29N3O4/c1-14(26(5)13-21(27)25-23(2,3)4)22(28)24-17-12-19-16(11-20(17)29-6)15-9-7-8-10-18(15)30-19/h7-12,14H,13H2,1-6H3,(H,24,28)(H,25,27)/t14-/m0/s1. The SMILES string of the molecule is COc1cc2c(cc1NC(=O)[C@H](C)N(C)CC(=O)NC(C)(C)C)oc1ccccc12. The van der Waals surface area contributed by atoms with Gasteiger partial charge in [0, 0.05) is 22.4 Å². The van der Waals surface area contributed by atoms with E-state index in [0.29, 0.717) is 17.0 Å². The van der Waals surface area contributed by atoms with E-state index in [1.807, 2.05) is 51.1 Å². The molecule has 0 saturated carbocycles. The first-order valence-electron chi connectivity index (χ1n) is 9.90. The van der Waals surface area contributed by atoms with Crippen molar-refractivity contribution in [2.24, 2.45) is 0 Å². The summed E-state index contributed by atoms with van der Waals surface area (Å²) in [5.74, 6) is 0.170. The van der Waals surface area contributed by atoms with Gasteiger partial charge in [-0.25, -0.2) is 0 Å². The molecule has 2 aromatic carbocycles. The monoisotopic (exact) mass is 411 g/mol. The molecule has 0 bridgehead atoms. The molecule has 3 rings (SSSR count). The molecule has 2 N–H and O–H groups in total. The van der Waals surface area contributed by atoms with Crippen molar-refractivity contribution in [3.63, 3.8) is 0 Å². The summed E-state index contributed by atoms with van der Waals surface area (Å²) in [5, 5.41) is 7.71. The second-order valence-corrected chi connectivity index (χ2v) is 8.53. The Balaban J connectivity index is 1.78. The lowest BCUT2D eigenvalue weighted by molar-refractivity contribution is -0.125. The number of rotatable bonds is 6. The number of amides is 2. The van der Waals surface area contributed by atoms with Gasteiger partial charge in [0.25, 0.3) is 0 Å². The number of nitrogens with zero attached hydrogens (tertiary/aromatic N) is 1. The molecule has 0 radical (unpaired) electrons. The van der Waals surface area contributed by atoms with Gasteiger partial charge in [-0.05, 0) is 46.9 Å². The van der Waals surface area contributed by atoms with Gasteiger partial charge in [-0.1, -0.05) is 18.2 Å². The number of anilines is 1. The molecule has 2 amide bonds. The van der Waals surface area contributed by atoms with Gasteiger partial charge in [0.05, 0.1) is 25.4 Å². The summed E-state index contributed by atoms with van der Waals surface area (Å²) in [6.45, 7) is 7.63. The maximum absolute atomic E-state index is 12.8. The van der Waals surface area contributed by atoms with Gasteiger partial charge in [0.1, 0.15) is 16.9 Å². The van der Waals surface area contributed by atoms with Crippen LogP contribution in [-0.4, -0.2) is 49.0 Å². The maximum Gasteiger partial charge on any atom is 0.241 e. The van der Waals surface area contributed by atoms with Crippen molar-refractivity contribution in [1.29, 1.82) is 0 Å². The quantitative estimate of drug-likeness (QED) is 0.645. The van der Waals surface area contributed by atoms with Crippen molar-refractivity contribution < 1.29 is 18.7 Å². The van der Waals surface area contributed by atoms with E-state index in [0.717, 1.165) is 16.4 Å². The molecular weight excluding hydrogens is 382 g/mol. The minimum absolute atomic E-state index is 0.117. The van der Waals surface area contributed by atoms with Gasteiger partial charge in [0.15, 0.2) is 0 Å². The fourth-order valence-corrected chi connectivity index (χ4v) is 3.28.